The summed E-state index contributed by atoms with van der Waals surface area (Å²) in [6, 6.07) is 26.3. The lowest BCUT2D eigenvalue weighted by atomic mass is 9.97. The zero-order valence-corrected chi connectivity index (χ0v) is 16.9. The van der Waals surface area contributed by atoms with Crippen molar-refractivity contribution >= 4 is 23.3 Å². The van der Waals surface area contributed by atoms with Gasteiger partial charge < -0.3 is 4.74 Å². The number of nitrogens with zero attached hydrogens (tertiary/aromatic N) is 1. The SMILES string of the molecule is COC(=O)CC1CC(c2ccc(-c3ccccc3)cc2)N(c2cccc(Cl)c2)O1. The molecule has 2 atom stereocenters. The van der Waals surface area contributed by atoms with E-state index in [-0.39, 0.29) is 24.5 Å². The number of carbonyl (C=O) groups is 1. The summed E-state index contributed by atoms with van der Waals surface area (Å²) < 4.78 is 4.82. The number of rotatable bonds is 5. The Bertz CT molecular complexity index is 975. The number of anilines is 1. The molecule has 4 rings (SSSR count). The van der Waals surface area contributed by atoms with Gasteiger partial charge in [0, 0.05) is 11.4 Å². The first-order valence-electron chi connectivity index (χ1n) is 9.58. The van der Waals surface area contributed by atoms with Gasteiger partial charge in [0.05, 0.1) is 31.4 Å². The van der Waals surface area contributed by atoms with Gasteiger partial charge in [-0.25, -0.2) is 5.06 Å². The van der Waals surface area contributed by atoms with Gasteiger partial charge in [-0.05, 0) is 34.9 Å². The van der Waals surface area contributed by atoms with E-state index in [1.165, 1.54) is 12.7 Å². The number of methoxy groups -OCH3 is 1. The van der Waals surface area contributed by atoms with Crippen LogP contribution in [0.15, 0.2) is 78.9 Å². The van der Waals surface area contributed by atoms with Crippen LogP contribution >= 0.6 is 11.6 Å². The van der Waals surface area contributed by atoms with E-state index in [4.69, 9.17) is 21.2 Å². The Morgan fingerprint density at radius 1 is 1.03 bits per heavy atom. The number of carbonyl (C=O) groups excluding carboxylic acids is 1. The Balaban J connectivity index is 1.62. The lowest BCUT2D eigenvalue weighted by Gasteiger charge is -2.25. The fourth-order valence-corrected chi connectivity index (χ4v) is 3.85. The van der Waals surface area contributed by atoms with Crippen molar-refractivity contribution < 1.29 is 14.4 Å². The minimum atomic E-state index is -0.277. The van der Waals surface area contributed by atoms with E-state index in [1.807, 2.05) is 47.5 Å². The lowest BCUT2D eigenvalue weighted by Crippen LogP contribution is -2.22. The van der Waals surface area contributed by atoms with Crippen LogP contribution in [0.25, 0.3) is 11.1 Å². The predicted molar refractivity (Wildman–Crippen MR) is 115 cm³/mol. The van der Waals surface area contributed by atoms with Crippen molar-refractivity contribution in [2.75, 3.05) is 12.2 Å². The monoisotopic (exact) mass is 407 g/mol. The maximum absolute atomic E-state index is 11.8. The van der Waals surface area contributed by atoms with Crippen LogP contribution in [0.1, 0.15) is 24.4 Å². The highest BCUT2D eigenvalue weighted by Gasteiger charge is 2.36. The Labute approximate surface area is 175 Å². The minimum absolute atomic E-state index is 0.0204. The van der Waals surface area contributed by atoms with Crippen molar-refractivity contribution in [3.8, 4) is 11.1 Å². The molecule has 1 aliphatic rings. The largest absolute Gasteiger partial charge is 0.469 e. The van der Waals surface area contributed by atoms with E-state index < -0.39 is 0 Å². The van der Waals surface area contributed by atoms with Gasteiger partial charge in [0.1, 0.15) is 0 Å². The topological polar surface area (TPSA) is 38.8 Å². The third-order valence-electron chi connectivity index (χ3n) is 5.12. The summed E-state index contributed by atoms with van der Waals surface area (Å²) in [4.78, 5) is 17.9. The van der Waals surface area contributed by atoms with Gasteiger partial charge in [0.25, 0.3) is 0 Å². The summed E-state index contributed by atoms with van der Waals surface area (Å²) in [7, 11) is 1.39. The van der Waals surface area contributed by atoms with Crippen molar-refractivity contribution in [2.45, 2.75) is 25.0 Å². The molecule has 1 saturated heterocycles. The normalized spacial score (nSPS) is 18.6. The second kappa shape index (κ2) is 8.68. The quantitative estimate of drug-likeness (QED) is 0.499. The molecule has 1 aliphatic heterocycles. The summed E-state index contributed by atoms with van der Waals surface area (Å²) in [6.07, 6.45) is 0.651. The molecule has 0 N–H and O–H groups in total. The third kappa shape index (κ3) is 4.44. The number of esters is 1. The molecular formula is C24H22ClNO3. The molecule has 0 spiro atoms. The predicted octanol–water partition coefficient (Wildman–Crippen LogP) is 5.82. The zero-order chi connectivity index (χ0) is 20.2. The molecule has 3 aromatic rings. The van der Waals surface area contributed by atoms with Crippen LogP contribution in [0.4, 0.5) is 5.69 Å². The second-order valence-corrected chi connectivity index (χ2v) is 7.49. The van der Waals surface area contributed by atoms with Gasteiger partial charge in [-0.15, -0.1) is 0 Å². The maximum Gasteiger partial charge on any atom is 0.308 e. The van der Waals surface area contributed by atoms with E-state index in [0.717, 1.165) is 16.8 Å². The smallest absolute Gasteiger partial charge is 0.308 e. The molecule has 2 unspecified atom stereocenters. The highest BCUT2D eigenvalue weighted by Crippen LogP contribution is 2.40. The van der Waals surface area contributed by atoms with Gasteiger partial charge in [0.15, 0.2) is 0 Å². The molecule has 0 aliphatic carbocycles. The molecule has 1 heterocycles. The van der Waals surface area contributed by atoms with E-state index in [9.17, 15) is 4.79 Å². The Morgan fingerprint density at radius 3 is 2.45 bits per heavy atom. The van der Waals surface area contributed by atoms with Crippen LogP contribution in [0.3, 0.4) is 0 Å². The van der Waals surface area contributed by atoms with Gasteiger partial charge in [-0.2, -0.15) is 0 Å². The first-order chi connectivity index (χ1) is 14.1. The molecule has 0 aromatic heterocycles. The Morgan fingerprint density at radius 2 is 1.76 bits per heavy atom. The summed E-state index contributed by atoms with van der Waals surface area (Å²) in [5.41, 5.74) is 4.32. The van der Waals surface area contributed by atoms with Gasteiger partial charge in [-0.1, -0.05) is 72.3 Å². The van der Waals surface area contributed by atoms with Crippen molar-refractivity contribution in [2.24, 2.45) is 0 Å². The number of ether oxygens (including phenoxy) is 1. The summed E-state index contributed by atoms with van der Waals surface area (Å²) in [5, 5.41) is 2.50. The van der Waals surface area contributed by atoms with Crippen LogP contribution in [-0.2, 0) is 14.4 Å². The molecule has 0 saturated carbocycles. The molecule has 1 fully saturated rings. The highest BCUT2D eigenvalue weighted by atomic mass is 35.5. The first kappa shape index (κ1) is 19.5. The zero-order valence-electron chi connectivity index (χ0n) is 16.1. The van der Waals surface area contributed by atoms with Gasteiger partial charge in [0.2, 0.25) is 0 Å². The van der Waals surface area contributed by atoms with E-state index in [2.05, 4.69) is 36.4 Å². The summed E-state index contributed by atoms with van der Waals surface area (Å²) in [6.45, 7) is 0. The Hall–Kier alpha value is -2.82. The molecule has 29 heavy (non-hydrogen) atoms. The fraction of sp³-hybridized carbons (Fsp3) is 0.208. The molecule has 148 valence electrons. The summed E-state index contributed by atoms with van der Waals surface area (Å²) >= 11 is 6.19. The third-order valence-corrected chi connectivity index (χ3v) is 5.35. The lowest BCUT2D eigenvalue weighted by molar-refractivity contribution is -0.143. The molecule has 0 amide bonds. The van der Waals surface area contributed by atoms with Crippen molar-refractivity contribution in [1.29, 1.82) is 0 Å². The van der Waals surface area contributed by atoms with Gasteiger partial charge in [-0.3, -0.25) is 9.63 Å². The number of hydroxylamine groups is 1. The van der Waals surface area contributed by atoms with Crippen molar-refractivity contribution in [1.82, 2.24) is 0 Å². The van der Waals surface area contributed by atoms with E-state index in [1.54, 1.807) is 0 Å². The number of benzene rings is 3. The maximum atomic E-state index is 11.8. The average molecular weight is 408 g/mol. The molecule has 5 heteroatoms. The molecule has 0 radical (unpaired) electrons. The average Bonchev–Trinajstić information content (AvgIpc) is 3.18. The van der Waals surface area contributed by atoms with Crippen LogP contribution in [0.2, 0.25) is 5.02 Å². The second-order valence-electron chi connectivity index (χ2n) is 7.05. The van der Waals surface area contributed by atoms with Crippen LogP contribution in [0, 0.1) is 0 Å². The van der Waals surface area contributed by atoms with Crippen molar-refractivity contribution in [3.05, 3.63) is 89.4 Å². The van der Waals surface area contributed by atoms with Crippen LogP contribution in [-0.4, -0.2) is 19.2 Å². The van der Waals surface area contributed by atoms with E-state index >= 15 is 0 Å². The minimum Gasteiger partial charge on any atom is -0.469 e. The molecule has 0 bridgehead atoms. The first-order valence-corrected chi connectivity index (χ1v) is 9.95. The molecule has 4 nitrogen and oxygen atoms in total. The standard InChI is InChI=1S/C24H22ClNO3/c1-28-24(27)16-22-15-23(26(29-22)21-9-5-8-20(25)14-21)19-12-10-18(11-13-19)17-6-3-2-4-7-17/h2-14,22-23H,15-16H2,1H3. The molecule has 3 aromatic carbocycles. The van der Waals surface area contributed by atoms with Gasteiger partial charge >= 0.3 is 5.97 Å². The number of hydrogen-bond donors (Lipinski definition) is 0. The van der Waals surface area contributed by atoms with Crippen LogP contribution < -0.4 is 5.06 Å². The number of hydrogen-bond acceptors (Lipinski definition) is 4. The number of halogens is 1. The fourth-order valence-electron chi connectivity index (χ4n) is 3.67. The van der Waals surface area contributed by atoms with Crippen LogP contribution in [0.5, 0.6) is 0 Å². The highest BCUT2D eigenvalue weighted by molar-refractivity contribution is 6.30. The van der Waals surface area contributed by atoms with E-state index in [0.29, 0.717) is 11.4 Å². The summed E-state index contributed by atoms with van der Waals surface area (Å²) in [5.74, 6) is -0.277. The molecular weight excluding hydrogens is 386 g/mol. The van der Waals surface area contributed by atoms with Crippen molar-refractivity contribution in [3.63, 3.8) is 0 Å². The Kier molecular flexibility index (Phi) is 5.84.